The van der Waals surface area contributed by atoms with Crippen LogP contribution in [0.1, 0.15) is 55.4 Å². The van der Waals surface area contributed by atoms with Crippen molar-refractivity contribution in [3.05, 3.63) is 0 Å². The van der Waals surface area contributed by atoms with Gasteiger partial charge in [0.2, 0.25) is 5.91 Å². The summed E-state index contributed by atoms with van der Waals surface area (Å²) < 4.78 is 10.1. The third kappa shape index (κ3) is 8.42. The summed E-state index contributed by atoms with van der Waals surface area (Å²) in [5.74, 6) is -0.985. The van der Waals surface area contributed by atoms with Crippen LogP contribution >= 0.6 is 0 Å². The summed E-state index contributed by atoms with van der Waals surface area (Å²) in [7, 11) is 0. The smallest absolute Gasteiger partial charge is 0.408 e. The number of amides is 2. The van der Waals surface area contributed by atoms with E-state index >= 15 is 0 Å². The number of nitrogens with one attached hydrogen (secondary N) is 2. The Bertz CT molecular complexity index is 435. The first-order chi connectivity index (χ1) is 10.3. The molecule has 1 unspecified atom stereocenters. The van der Waals surface area contributed by atoms with Gasteiger partial charge in [-0.1, -0.05) is 20.8 Å². The molecule has 7 heteroatoms. The van der Waals surface area contributed by atoms with Crippen LogP contribution in [0.3, 0.4) is 0 Å². The molecule has 0 heterocycles. The van der Waals surface area contributed by atoms with Gasteiger partial charge in [0.25, 0.3) is 0 Å². The summed E-state index contributed by atoms with van der Waals surface area (Å²) in [6.45, 7) is 14.1. The fourth-order valence-corrected chi connectivity index (χ4v) is 1.67. The van der Waals surface area contributed by atoms with E-state index in [1.807, 2.05) is 20.8 Å². The molecule has 7 nitrogen and oxygen atoms in total. The van der Waals surface area contributed by atoms with Crippen LogP contribution in [0, 0.1) is 5.41 Å². The summed E-state index contributed by atoms with van der Waals surface area (Å²) in [4.78, 5) is 35.9. The minimum Gasteiger partial charge on any atom is -0.464 e. The third-order valence-corrected chi connectivity index (χ3v) is 2.80. The topological polar surface area (TPSA) is 93.7 Å². The Morgan fingerprint density at radius 1 is 1.00 bits per heavy atom. The van der Waals surface area contributed by atoms with E-state index in [0.29, 0.717) is 0 Å². The fraction of sp³-hybridized carbons (Fsp3) is 0.812. The number of ether oxygens (including phenoxy) is 2. The van der Waals surface area contributed by atoms with Gasteiger partial charge in [-0.25, -0.2) is 9.59 Å². The van der Waals surface area contributed by atoms with Crippen molar-refractivity contribution < 1.29 is 23.9 Å². The maximum atomic E-state index is 12.2. The average Bonchev–Trinajstić information content (AvgIpc) is 2.31. The molecule has 134 valence electrons. The minimum absolute atomic E-state index is 0.229. The van der Waals surface area contributed by atoms with Gasteiger partial charge in [0.1, 0.15) is 17.7 Å². The van der Waals surface area contributed by atoms with Crippen molar-refractivity contribution in [2.24, 2.45) is 5.41 Å². The number of hydrogen-bond acceptors (Lipinski definition) is 5. The molecule has 2 amide bonds. The van der Waals surface area contributed by atoms with Crippen molar-refractivity contribution in [3.8, 4) is 0 Å². The zero-order valence-electron chi connectivity index (χ0n) is 15.4. The number of rotatable bonds is 5. The predicted molar refractivity (Wildman–Crippen MR) is 86.9 cm³/mol. The Balaban J connectivity index is 4.80. The van der Waals surface area contributed by atoms with Crippen molar-refractivity contribution in [3.63, 3.8) is 0 Å². The van der Waals surface area contributed by atoms with E-state index in [-0.39, 0.29) is 6.61 Å². The van der Waals surface area contributed by atoms with Crippen LogP contribution in [-0.2, 0) is 19.1 Å². The summed E-state index contributed by atoms with van der Waals surface area (Å²) in [6.07, 6.45) is -0.691. The molecule has 2 N–H and O–H groups in total. The van der Waals surface area contributed by atoms with Gasteiger partial charge in [-0.05, 0) is 40.0 Å². The highest BCUT2D eigenvalue weighted by Crippen LogP contribution is 2.20. The van der Waals surface area contributed by atoms with E-state index in [4.69, 9.17) is 9.47 Å². The molecular weight excluding hydrogens is 300 g/mol. The number of esters is 1. The molecule has 0 saturated heterocycles. The highest BCUT2D eigenvalue weighted by atomic mass is 16.6. The average molecular weight is 330 g/mol. The van der Waals surface area contributed by atoms with Crippen LogP contribution < -0.4 is 10.6 Å². The van der Waals surface area contributed by atoms with Crippen molar-refractivity contribution in [1.29, 1.82) is 0 Å². The molecule has 0 fully saturated rings. The Kier molecular flexibility index (Phi) is 7.54. The SMILES string of the molecule is CCOC(=O)[C@@H](NC(=O)C(C)NC(=O)OC(C)(C)C)C(C)(C)C. The lowest BCUT2D eigenvalue weighted by molar-refractivity contribution is -0.150. The van der Waals surface area contributed by atoms with E-state index in [1.54, 1.807) is 27.7 Å². The van der Waals surface area contributed by atoms with Crippen molar-refractivity contribution in [2.45, 2.75) is 73.1 Å². The van der Waals surface area contributed by atoms with Gasteiger partial charge >= 0.3 is 12.1 Å². The molecule has 0 aromatic rings. The van der Waals surface area contributed by atoms with Gasteiger partial charge in [0.15, 0.2) is 0 Å². The van der Waals surface area contributed by atoms with Crippen LogP contribution in [0.25, 0.3) is 0 Å². The van der Waals surface area contributed by atoms with Crippen molar-refractivity contribution >= 4 is 18.0 Å². The second-order valence-electron chi connectivity index (χ2n) is 7.43. The molecule has 0 aliphatic heterocycles. The number of hydrogen-bond donors (Lipinski definition) is 2. The van der Waals surface area contributed by atoms with Gasteiger partial charge in [0, 0.05) is 0 Å². The quantitative estimate of drug-likeness (QED) is 0.752. The van der Waals surface area contributed by atoms with E-state index < -0.39 is 41.1 Å². The Labute approximate surface area is 138 Å². The fourth-order valence-electron chi connectivity index (χ4n) is 1.67. The van der Waals surface area contributed by atoms with Crippen LogP contribution in [-0.4, -0.2) is 42.3 Å². The summed E-state index contributed by atoms with van der Waals surface area (Å²) in [6, 6.07) is -1.65. The molecule has 0 radical (unpaired) electrons. The molecule has 0 aliphatic rings. The first-order valence-corrected chi connectivity index (χ1v) is 7.74. The molecule has 0 aliphatic carbocycles. The second kappa shape index (κ2) is 8.17. The van der Waals surface area contributed by atoms with Crippen LogP contribution in [0.15, 0.2) is 0 Å². The van der Waals surface area contributed by atoms with E-state index in [1.165, 1.54) is 6.92 Å². The largest absolute Gasteiger partial charge is 0.464 e. The predicted octanol–water partition coefficient (Wildman–Crippen LogP) is 1.99. The van der Waals surface area contributed by atoms with Crippen LogP contribution in [0.2, 0.25) is 0 Å². The van der Waals surface area contributed by atoms with Gasteiger partial charge < -0.3 is 20.1 Å². The second-order valence-corrected chi connectivity index (χ2v) is 7.43. The first kappa shape index (κ1) is 21.2. The highest BCUT2D eigenvalue weighted by molar-refractivity contribution is 5.89. The van der Waals surface area contributed by atoms with Crippen molar-refractivity contribution in [2.75, 3.05) is 6.61 Å². The minimum atomic E-state index is -0.843. The number of carbonyl (C=O) groups excluding carboxylic acids is 3. The van der Waals surface area contributed by atoms with E-state index in [0.717, 1.165) is 0 Å². The Morgan fingerprint density at radius 3 is 1.91 bits per heavy atom. The molecule has 2 atom stereocenters. The molecule has 0 bridgehead atoms. The molecule has 0 aromatic carbocycles. The highest BCUT2D eigenvalue weighted by Gasteiger charge is 2.35. The maximum absolute atomic E-state index is 12.2. The normalized spacial score (nSPS) is 14.4. The summed E-state index contributed by atoms with van der Waals surface area (Å²) >= 11 is 0. The molecule has 0 aromatic heterocycles. The monoisotopic (exact) mass is 330 g/mol. The number of alkyl carbamates (subject to hydrolysis) is 1. The standard InChI is InChI=1S/C16H30N2O5/c1-9-22-13(20)11(15(3,4)5)18-12(19)10(2)17-14(21)23-16(6,7)8/h10-11H,9H2,1-8H3,(H,17,21)(H,18,19)/t10?,11-/m1/s1. The lowest BCUT2D eigenvalue weighted by Crippen LogP contribution is -2.55. The molecule has 23 heavy (non-hydrogen) atoms. The van der Waals surface area contributed by atoms with E-state index in [9.17, 15) is 14.4 Å². The lowest BCUT2D eigenvalue weighted by Gasteiger charge is -2.30. The lowest BCUT2D eigenvalue weighted by atomic mass is 9.86. The zero-order chi connectivity index (χ0) is 18.4. The molecule has 0 saturated carbocycles. The maximum Gasteiger partial charge on any atom is 0.408 e. The Hall–Kier alpha value is -1.79. The molecular formula is C16H30N2O5. The zero-order valence-corrected chi connectivity index (χ0v) is 15.4. The number of carbonyl (C=O) groups is 3. The molecule has 0 rings (SSSR count). The summed E-state index contributed by atoms with van der Waals surface area (Å²) in [5, 5.41) is 5.06. The third-order valence-electron chi connectivity index (χ3n) is 2.80. The van der Waals surface area contributed by atoms with Gasteiger partial charge in [-0.2, -0.15) is 0 Å². The Morgan fingerprint density at radius 2 is 1.52 bits per heavy atom. The molecule has 0 spiro atoms. The van der Waals surface area contributed by atoms with E-state index in [2.05, 4.69) is 10.6 Å². The first-order valence-electron chi connectivity index (χ1n) is 7.74. The summed E-state index contributed by atoms with van der Waals surface area (Å²) in [5.41, 5.74) is -1.17. The van der Waals surface area contributed by atoms with Gasteiger partial charge in [0.05, 0.1) is 6.61 Å². The van der Waals surface area contributed by atoms with Gasteiger partial charge in [-0.15, -0.1) is 0 Å². The van der Waals surface area contributed by atoms with Crippen LogP contribution in [0.4, 0.5) is 4.79 Å². The van der Waals surface area contributed by atoms with Crippen molar-refractivity contribution in [1.82, 2.24) is 10.6 Å². The van der Waals surface area contributed by atoms with Crippen LogP contribution in [0.5, 0.6) is 0 Å². The van der Waals surface area contributed by atoms with Gasteiger partial charge in [-0.3, -0.25) is 4.79 Å².